The molecule has 0 radical (unpaired) electrons. The molecule has 0 fully saturated rings. The summed E-state index contributed by atoms with van der Waals surface area (Å²) >= 11 is -1.95. The van der Waals surface area contributed by atoms with E-state index in [0.717, 1.165) is 12.8 Å². The first kappa shape index (κ1) is 15.2. The first-order chi connectivity index (χ1) is 6.98. The van der Waals surface area contributed by atoms with Crippen LogP contribution in [-0.2, 0) is 4.79 Å². The van der Waals surface area contributed by atoms with Gasteiger partial charge in [-0.15, -0.1) is 0 Å². The van der Waals surface area contributed by atoms with Crippen molar-refractivity contribution >= 4 is 17.9 Å². The van der Waals surface area contributed by atoms with Crippen LogP contribution in [-0.4, -0.2) is 17.9 Å². The first-order valence-electron chi connectivity index (χ1n) is 6.51. The Hall–Kier alpha value is 0.213. The van der Waals surface area contributed by atoms with Crippen molar-refractivity contribution < 1.29 is 4.79 Å². The summed E-state index contributed by atoms with van der Waals surface area (Å²) in [4.78, 5) is 11.7. The monoisotopic (exact) mass is 274 g/mol. The van der Waals surface area contributed by atoms with E-state index in [-0.39, 0.29) is 0 Å². The maximum atomic E-state index is 11.7. The van der Waals surface area contributed by atoms with Crippen molar-refractivity contribution in [3.63, 3.8) is 0 Å². The molecule has 15 heavy (non-hydrogen) atoms. The zero-order chi connectivity index (χ0) is 11.7. The van der Waals surface area contributed by atoms with E-state index < -0.39 is 13.3 Å². The molecule has 0 aromatic rings. The molecule has 0 aliphatic heterocycles. The van der Waals surface area contributed by atoms with Crippen LogP contribution in [0.25, 0.3) is 0 Å². The van der Waals surface area contributed by atoms with Gasteiger partial charge < -0.3 is 0 Å². The molecule has 0 amide bonds. The van der Waals surface area contributed by atoms with Crippen molar-refractivity contribution in [2.45, 2.75) is 75.6 Å². The Morgan fingerprint density at radius 1 is 0.867 bits per heavy atom. The van der Waals surface area contributed by atoms with Gasteiger partial charge in [0.2, 0.25) is 0 Å². The predicted molar refractivity (Wildman–Crippen MR) is 71.0 cm³/mol. The Labute approximate surface area is 98.4 Å². The van der Waals surface area contributed by atoms with Crippen molar-refractivity contribution in [1.82, 2.24) is 0 Å². The molecule has 0 saturated carbocycles. The predicted octanol–water partition coefficient (Wildman–Crippen LogP) is 4.57. The third-order valence-corrected chi connectivity index (χ3v) is 6.88. The Morgan fingerprint density at radius 3 is 1.80 bits per heavy atom. The van der Waals surface area contributed by atoms with E-state index in [2.05, 4.69) is 24.2 Å². The van der Waals surface area contributed by atoms with Crippen LogP contribution in [0.2, 0.25) is 17.3 Å². The van der Waals surface area contributed by atoms with Gasteiger partial charge in [-0.1, -0.05) is 0 Å². The van der Waals surface area contributed by atoms with Crippen molar-refractivity contribution in [3.8, 4) is 0 Å². The molecule has 0 rings (SSSR count). The molecule has 0 atom stereocenters. The molecule has 0 heterocycles. The van der Waals surface area contributed by atoms with Crippen molar-refractivity contribution in [3.05, 3.63) is 0 Å². The standard InChI is InChI=1S/C13H28GeO/c1-5-6-7-8-9-10-11-12-13(15)14(2,3)4/h5-12H2,1-4H3. The van der Waals surface area contributed by atoms with Gasteiger partial charge in [0.15, 0.2) is 0 Å². The number of hydrogen-bond acceptors (Lipinski definition) is 1. The second-order valence-electron chi connectivity index (χ2n) is 5.54. The summed E-state index contributed by atoms with van der Waals surface area (Å²) in [5, 5.41) is 0. The average molecular weight is 273 g/mol. The van der Waals surface area contributed by atoms with E-state index in [4.69, 9.17) is 0 Å². The normalized spacial score (nSPS) is 11.7. The van der Waals surface area contributed by atoms with Gasteiger partial charge in [-0.3, -0.25) is 0 Å². The SMILES string of the molecule is CCCCCCCCC[C](=O)[Ge]([CH3])([CH3])[CH3]. The number of rotatable bonds is 9. The van der Waals surface area contributed by atoms with Crippen LogP contribution >= 0.6 is 0 Å². The van der Waals surface area contributed by atoms with Crippen LogP contribution < -0.4 is 0 Å². The molecule has 0 aromatic carbocycles. The molecular weight excluding hydrogens is 245 g/mol. The van der Waals surface area contributed by atoms with Crippen LogP contribution in [0.15, 0.2) is 0 Å². The van der Waals surface area contributed by atoms with Gasteiger partial charge in [-0.25, -0.2) is 0 Å². The van der Waals surface area contributed by atoms with Crippen molar-refractivity contribution in [2.75, 3.05) is 0 Å². The van der Waals surface area contributed by atoms with Crippen LogP contribution in [0.4, 0.5) is 0 Å². The second kappa shape index (κ2) is 8.37. The van der Waals surface area contributed by atoms with Gasteiger partial charge in [0.1, 0.15) is 0 Å². The molecule has 2 heteroatoms. The summed E-state index contributed by atoms with van der Waals surface area (Å²) in [6, 6.07) is 0. The minimum atomic E-state index is -1.95. The summed E-state index contributed by atoms with van der Waals surface area (Å²) < 4.78 is 0.601. The minimum absolute atomic E-state index is 0.601. The second-order valence-corrected chi connectivity index (χ2v) is 16.2. The van der Waals surface area contributed by atoms with Gasteiger partial charge in [-0.2, -0.15) is 0 Å². The fraction of sp³-hybridized carbons (Fsp3) is 0.923. The Kier molecular flexibility index (Phi) is 8.49. The van der Waals surface area contributed by atoms with Crippen LogP contribution in [0.3, 0.4) is 0 Å². The molecule has 0 spiro atoms. The molecule has 90 valence electrons. The average Bonchev–Trinajstić information content (AvgIpc) is 2.14. The van der Waals surface area contributed by atoms with Gasteiger partial charge in [0, 0.05) is 0 Å². The van der Waals surface area contributed by atoms with Crippen LogP contribution in [0.5, 0.6) is 0 Å². The third kappa shape index (κ3) is 9.16. The van der Waals surface area contributed by atoms with Crippen molar-refractivity contribution in [1.29, 1.82) is 0 Å². The summed E-state index contributed by atoms with van der Waals surface area (Å²) in [5.41, 5.74) is 0. The van der Waals surface area contributed by atoms with Crippen LogP contribution in [0.1, 0.15) is 58.3 Å². The summed E-state index contributed by atoms with van der Waals surface area (Å²) in [5.74, 6) is 6.59. The van der Waals surface area contributed by atoms with E-state index in [1.54, 1.807) is 0 Å². The van der Waals surface area contributed by atoms with Gasteiger partial charge in [0.05, 0.1) is 0 Å². The zero-order valence-electron chi connectivity index (χ0n) is 11.1. The Morgan fingerprint density at radius 2 is 1.33 bits per heavy atom. The number of carbonyl (C=O) groups is 1. The molecule has 0 aromatic heterocycles. The van der Waals surface area contributed by atoms with Gasteiger partial charge >= 0.3 is 98.2 Å². The van der Waals surface area contributed by atoms with Gasteiger partial charge in [0.25, 0.3) is 0 Å². The van der Waals surface area contributed by atoms with E-state index >= 15 is 0 Å². The van der Waals surface area contributed by atoms with E-state index in [9.17, 15) is 4.79 Å². The molecule has 0 bridgehead atoms. The fourth-order valence-corrected chi connectivity index (χ4v) is 3.56. The molecule has 0 saturated heterocycles. The molecule has 0 aliphatic rings. The molecule has 0 N–H and O–H groups in total. The van der Waals surface area contributed by atoms with Gasteiger partial charge in [-0.05, 0) is 0 Å². The summed E-state index contributed by atoms with van der Waals surface area (Å²) in [7, 11) is 0. The number of hydrogen-bond donors (Lipinski definition) is 0. The topological polar surface area (TPSA) is 17.1 Å². The fourth-order valence-electron chi connectivity index (χ4n) is 1.62. The van der Waals surface area contributed by atoms with Crippen LogP contribution in [0, 0.1) is 0 Å². The van der Waals surface area contributed by atoms with E-state index in [1.807, 2.05) is 0 Å². The summed E-state index contributed by atoms with van der Waals surface area (Å²) in [6.45, 7) is 2.24. The maximum absolute atomic E-state index is 11.7. The Bertz CT molecular complexity index is 170. The van der Waals surface area contributed by atoms with Crippen molar-refractivity contribution in [2.24, 2.45) is 0 Å². The molecular formula is C13H28GeO. The first-order valence-corrected chi connectivity index (χ1v) is 13.9. The Balaban J connectivity index is 3.28. The van der Waals surface area contributed by atoms with E-state index in [0.29, 0.717) is 4.62 Å². The quantitative estimate of drug-likeness (QED) is 0.444. The summed E-state index contributed by atoms with van der Waals surface area (Å²) in [6.07, 6.45) is 10.00. The molecule has 1 nitrogen and oxygen atoms in total. The third-order valence-electron chi connectivity index (χ3n) is 2.84. The molecule has 0 unspecified atom stereocenters. The molecule has 0 aliphatic carbocycles. The zero-order valence-corrected chi connectivity index (χ0v) is 13.2. The van der Waals surface area contributed by atoms with E-state index in [1.165, 1.54) is 38.5 Å². The number of unbranched alkanes of at least 4 members (excludes halogenated alkanes) is 6. The number of carbonyl (C=O) groups excluding carboxylic acids is 1.